The van der Waals surface area contributed by atoms with E-state index in [1.54, 1.807) is 67.6 Å². The largest absolute Gasteiger partial charge is 0.497 e. The third-order valence-corrected chi connectivity index (χ3v) is 5.34. The number of anilines is 1. The van der Waals surface area contributed by atoms with Crippen molar-refractivity contribution in [1.82, 2.24) is 9.55 Å². The fraction of sp³-hybridized carbons (Fsp3) is 0.154. The van der Waals surface area contributed by atoms with E-state index in [1.807, 2.05) is 0 Å². The van der Waals surface area contributed by atoms with Gasteiger partial charge in [0.05, 0.1) is 30.9 Å². The van der Waals surface area contributed by atoms with Gasteiger partial charge in [0, 0.05) is 23.5 Å². The number of hydrogen-bond donors (Lipinski definition) is 1. The van der Waals surface area contributed by atoms with Crippen molar-refractivity contribution in [3.05, 3.63) is 93.9 Å². The average Bonchev–Trinajstić information content (AvgIpc) is 2.86. The van der Waals surface area contributed by atoms with Crippen molar-refractivity contribution in [3.63, 3.8) is 0 Å². The minimum absolute atomic E-state index is 0.0285. The standard InChI is InChI=1S/C26H23N3O5/c1-16-9-11-19-25(32)20(24(31)17-7-5-4-6-8-17)14-29(26(19)27-16)15-23(30)28-21-12-10-18(33-2)13-22(21)34-3/h4-14H,15H2,1-3H3,(H,28,30). The van der Waals surface area contributed by atoms with Crippen LogP contribution < -0.4 is 20.2 Å². The number of pyridine rings is 2. The third-order valence-electron chi connectivity index (χ3n) is 5.34. The van der Waals surface area contributed by atoms with E-state index in [9.17, 15) is 14.4 Å². The summed E-state index contributed by atoms with van der Waals surface area (Å²) in [4.78, 5) is 43.6. The van der Waals surface area contributed by atoms with Crippen molar-refractivity contribution in [2.24, 2.45) is 0 Å². The molecule has 2 aromatic carbocycles. The molecule has 4 rings (SSSR count). The van der Waals surface area contributed by atoms with E-state index in [-0.39, 0.29) is 23.4 Å². The predicted molar refractivity (Wildman–Crippen MR) is 129 cm³/mol. The zero-order valence-corrected chi connectivity index (χ0v) is 19.0. The fourth-order valence-electron chi connectivity index (χ4n) is 3.63. The Bertz CT molecular complexity index is 1440. The van der Waals surface area contributed by atoms with Gasteiger partial charge in [-0.25, -0.2) is 4.98 Å². The smallest absolute Gasteiger partial charge is 0.244 e. The zero-order valence-electron chi connectivity index (χ0n) is 19.0. The number of methoxy groups -OCH3 is 2. The second kappa shape index (κ2) is 9.58. The highest BCUT2D eigenvalue weighted by molar-refractivity contribution is 6.10. The lowest BCUT2D eigenvalue weighted by molar-refractivity contribution is -0.116. The number of benzene rings is 2. The lowest BCUT2D eigenvalue weighted by atomic mass is 10.0. The average molecular weight is 457 g/mol. The van der Waals surface area contributed by atoms with E-state index in [1.165, 1.54) is 25.0 Å². The summed E-state index contributed by atoms with van der Waals surface area (Å²) in [6, 6.07) is 16.9. The van der Waals surface area contributed by atoms with Gasteiger partial charge in [-0.3, -0.25) is 14.4 Å². The number of carbonyl (C=O) groups is 2. The lowest BCUT2D eigenvalue weighted by Gasteiger charge is -2.15. The first-order chi connectivity index (χ1) is 16.4. The Labute approximate surface area is 195 Å². The SMILES string of the molecule is COc1ccc(NC(=O)Cn2cc(C(=O)c3ccccc3)c(=O)c3ccc(C)nc32)c(OC)c1. The highest BCUT2D eigenvalue weighted by Gasteiger charge is 2.19. The van der Waals surface area contributed by atoms with Gasteiger partial charge in [0.25, 0.3) is 0 Å². The van der Waals surface area contributed by atoms with Crippen LogP contribution in [0.3, 0.4) is 0 Å². The number of ether oxygens (including phenoxy) is 2. The Morgan fingerprint density at radius 1 is 1.00 bits per heavy atom. The van der Waals surface area contributed by atoms with Crippen molar-refractivity contribution in [1.29, 1.82) is 0 Å². The number of fused-ring (bicyclic) bond motifs is 1. The monoisotopic (exact) mass is 457 g/mol. The van der Waals surface area contributed by atoms with E-state index in [2.05, 4.69) is 10.3 Å². The van der Waals surface area contributed by atoms with Crippen molar-refractivity contribution in [3.8, 4) is 11.5 Å². The molecule has 34 heavy (non-hydrogen) atoms. The molecular formula is C26H23N3O5. The molecule has 0 aliphatic carbocycles. The summed E-state index contributed by atoms with van der Waals surface area (Å²) in [6.45, 7) is 1.62. The quantitative estimate of drug-likeness (QED) is 0.426. The molecule has 0 fully saturated rings. The van der Waals surface area contributed by atoms with E-state index in [4.69, 9.17) is 9.47 Å². The molecular weight excluding hydrogens is 434 g/mol. The van der Waals surface area contributed by atoms with E-state index >= 15 is 0 Å². The van der Waals surface area contributed by atoms with Gasteiger partial charge in [0.2, 0.25) is 11.3 Å². The van der Waals surface area contributed by atoms with E-state index in [0.29, 0.717) is 34.1 Å². The molecule has 8 heteroatoms. The number of aromatic nitrogens is 2. The summed E-state index contributed by atoms with van der Waals surface area (Å²) in [5, 5.41) is 3.07. The minimum atomic E-state index is -0.426. The Balaban J connectivity index is 1.74. The first-order valence-electron chi connectivity index (χ1n) is 10.5. The van der Waals surface area contributed by atoms with Gasteiger partial charge < -0.3 is 19.4 Å². The molecule has 0 atom stereocenters. The molecule has 0 aliphatic rings. The van der Waals surface area contributed by atoms with Crippen LogP contribution in [-0.2, 0) is 11.3 Å². The topological polar surface area (TPSA) is 99.5 Å². The molecule has 0 radical (unpaired) electrons. The van der Waals surface area contributed by atoms with Gasteiger partial charge in [-0.05, 0) is 31.2 Å². The molecule has 0 bridgehead atoms. The number of aryl methyl sites for hydroxylation is 1. The Morgan fingerprint density at radius 2 is 1.76 bits per heavy atom. The number of amides is 1. The molecule has 2 heterocycles. The number of nitrogens with zero attached hydrogens (tertiary/aromatic N) is 2. The minimum Gasteiger partial charge on any atom is -0.497 e. The van der Waals surface area contributed by atoms with Crippen molar-refractivity contribution >= 4 is 28.4 Å². The van der Waals surface area contributed by atoms with Crippen LogP contribution in [0, 0.1) is 6.92 Å². The van der Waals surface area contributed by atoms with E-state index < -0.39 is 11.2 Å². The van der Waals surface area contributed by atoms with Gasteiger partial charge in [-0.1, -0.05) is 30.3 Å². The predicted octanol–water partition coefficient (Wildman–Crippen LogP) is 3.59. The van der Waals surface area contributed by atoms with Crippen LogP contribution in [0.25, 0.3) is 11.0 Å². The molecule has 0 spiro atoms. The molecule has 0 unspecified atom stereocenters. The molecule has 1 amide bonds. The fourth-order valence-corrected chi connectivity index (χ4v) is 3.63. The van der Waals surface area contributed by atoms with Crippen molar-refractivity contribution in [2.45, 2.75) is 13.5 Å². The maximum Gasteiger partial charge on any atom is 0.244 e. The molecule has 172 valence electrons. The number of nitrogens with one attached hydrogen (secondary N) is 1. The maximum atomic E-state index is 13.1. The molecule has 0 saturated heterocycles. The molecule has 2 aromatic heterocycles. The van der Waals surface area contributed by atoms with Crippen molar-refractivity contribution < 1.29 is 19.1 Å². The number of rotatable bonds is 7. The van der Waals surface area contributed by atoms with Crippen LogP contribution in [0.5, 0.6) is 11.5 Å². The number of carbonyl (C=O) groups excluding carboxylic acids is 2. The second-order valence-corrected chi connectivity index (χ2v) is 7.63. The maximum absolute atomic E-state index is 13.1. The number of ketones is 1. The summed E-state index contributed by atoms with van der Waals surface area (Å²) < 4.78 is 12.0. The molecule has 0 aliphatic heterocycles. The van der Waals surface area contributed by atoms with Crippen molar-refractivity contribution in [2.75, 3.05) is 19.5 Å². The first-order valence-corrected chi connectivity index (χ1v) is 10.5. The summed E-state index contributed by atoms with van der Waals surface area (Å²) in [5.74, 6) is 0.227. The highest BCUT2D eigenvalue weighted by atomic mass is 16.5. The zero-order chi connectivity index (χ0) is 24.2. The lowest BCUT2D eigenvalue weighted by Crippen LogP contribution is -2.25. The summed E-state index contributed by atoms with van der Waals surface area (Å²) in [7, 11) is 3.03. The first kappa shape index (κ1) is 22.7. The Kier molecular flexibility index (Phi) is 6.40. The van der Waals surface area contributed by atoms with Gasteiger partial charge in [-0.2, -0.15) is 0 Å². The van der Waals surface area contributed by atoms with Crippen LogP contribution in [-0.4, -0.2) is 35.5 Å². The third kappa shape index (κ3) is 4.52. The van der Waals surface area contributed by atoms with E-state index in [0.717, 1.165) is 0 Å². The molecule has 0 saturated carbocycles. The van der Waals surface area contributed by atoms with Crippen LogP contribution >= 0.6 is 0 Å². The second-order valence-electron chi connectivity index (χ2n) is 7.63. The Morgan fingerprint density at radius 3 is 2.47 bits per heavy atom. The van der Waals surface area contributed by atoms with Crippen LogP contribution in [0.4, 0.5) is 5.69 Å². The summed E-state index contributed by atoms with van der Waals surface area (Å²) in [6.07, 6.45) is 1.40. The molecule has 4 aromatic rings. The van der Waals surface area contributed by atoms with Gasteiger partial charge in [-0.15, -0.1) is 0 Å². The molecule has 8 nitrogen and oxygen atoms in total. The highest BCUT2D eigenvalue weighted by Crippen LogP contribution is 2.29. The van der Waals surface area contributed by atoms with Crippen LogP contribution in [0.1, 0.15) is 21.6 Å². The van der Waals surface area contributed by atoms with Gasteiger partial charge in [0.15, 0.2) is 5.78 Å². The summed E-state index contributed by atoms with van der Waals surface area (Å²) in [5.41, 5.74) is 1.40. The van der Waals surface area contributed by atoms with Gasteiger partial charge in [0.1, 0.15) is 23.7 Å². The van der Waals surface area contributed by atoms with Crippen LogP contribution in [0.2, 0.25) is 0 Å². The normalized spacial score (nSPS) is 10.7. The Hall–Kier alpha value is -4.46. The molecule has 1 N–H and O–H groups in total. The number of hydrogen-bond acceptors (Lipinski definition) is 6. The summed E-state index contributed by atoms with van der Waals surface area (Å²) >= 11 is 0. The van der Waals surface area contributed by atoms with Crippen LogP contribution in [0.15, 0.2) is 71.7 Å². The van der Waals surface area contributed by atoms with Gasteiger partial charge >= 0.3 is 0 Å².